The second-order valence-corrected chi connectivity index (χ2v) is 4.92. The molecule has 0 fully saturated rings. The Bertz CT molecular complexity index is 729. The first-order valence-electron chi connectivity index (χ1n) is 5.54. The van der Waals surface area contributed by atoms with Crippen molar-refractivity contribution in [3.63, 3.8) is 0 Å². The van der Waals surface area contributed by atoms with E-state index in [0.717, 1.165) is 0 Å². The largest absolute Gasteiger partial charge is 0.476 e. The van der Waals surface area contributed by atoms with E-state index < -0.39 is 11.8 Å². The molecule has 0 bridgehead atoms. The minimum absolute atomic E-state index is 0.0165. The summed E-state index contributed by atoms with van der Waals surface area (Å²) in [6.45, 7) is 0.0165. The van der Waals surface area contributed by atoms with Crippen LogP contribution in [0.2, 0.25) is 0 Å². The summed E-state index contributed by atoms with van der Waals surface area (Å²) in [4.78, 5) is 10.9. The molecule has 0 atom stereocenters. The van der Waals surface area contributed by atoms with Crippen LogP contribution in [0.3, 0.4) is 0 Å². The minimum Gasteiger partial charge on any atom is -0.476 e. The lowest BCUT2D eigenvalue weighted by Gasteiger charge is -2.07. The minimum atomic E-state index is -1.17. The van der Waals surface area contributed by atoms with Crippen molar-refractivity contribution < 1.29 is 23.8 Å². The van der Waals surface area contributed by atoms with Gasteiger partial charge in [0.2, 0.25) is 6.79 Å². The topological polar surface area (TPSA) is 73.6 Å². The maximum Gasteiger partial charge on any atom is 0.356 e. The second kappa shape index (κ2) is 4.48. The molecule has 1 aliphatic rings. The molecule has 104 valence electrons. The average molecular weight is 343 g/mol. The maximum atomic E-state index is 14.4. The Morgan fingerprint density at radius 3 is 2.90 bits per heavy atom. The zero-order valence-electron chi connectivity index (χ0n) is 10.2. The number of aryl methyl sites for hydroxylation is 1. The van der Waals surface area contributed by atoms with Crippen molar-refractivity contribution in [2.24, 2.45) is 7.05 Å². The van der Waals surface area contributed by atoms with Gasteiger partial charge in [-0.05, 0) is 28.1 Å². The molecule has 1 aliphatic heterocycles. The summed E-state index contributed by atoms with van der Waals surface area (Å²) < 4.78 is 26.2. The van der Waals surface area contributed by atoms with E-state index in [2.05, 4.69) is 21.0 Å². The smallest absolute Gasteiger partial charge is 0.356 e. The van der Waals surface area contributed by atoms with Crippen molar-refractivity contribution in [1.29, 1.82) is 0 Å². The summed E-state index contributed by atoms with van der Waals surface area (Å²) in [7, 11) is 1.54. The number of aromatic nitrogens is 2. The van der Waals surface area contributed by atoms with Crippen molar-refractivity contribution in [3.8, 4) is 22.8 Å². The first kappa shape index (κ1) is 12.9. The highest BCUT2D eigenvalue weighted by Crippen LogP contribution is 2.44. The highest BCUT2D eigenvalue weighted by molar-refractivity contribution is 9.10. The first-order valence-corrected chi connectivity index (χ1v) is 6.33. The van der Waals surface area contributed by atoms with Gasteiger partial charge in [-0.15, -0.1) is 0 Å². The van der Waals surface area contributed by atoms with Crippen LogP contribution in [0, 0.1) is 5.82 Å². The molecule has 0 aliphatic carbocycles. The number of nitrogens with zero attached hydrogens (tertiary/aromatic N) is 2. The monoisotopic (exact) mass is 342 g/mol. The third kappa shape index (κ3) is 1.83. The number of aromatic carboxylic acids is 1. The van der Waals surface area contributed by atoms with E-state index in [0.29, 0.717) is 17.2 Å². The third-order valence-electron chi connectivity index (χ3n) is 2.92. The molecule has 8 heteroatoms. The van der Waals surface area contributed by atoms with Crippen LogP contribution in [0.15, 0.2) is 16.6 Å². The lowest BCUT2D eigenvalue weighted by atomic mass is 10.1. The molecule has 0 saturated heterocycles. The van der Waals surface area contributed by atoms with E-state index in [4.69, 9.17) is 14.6 Å². The Morgan fingerprint density at radius 1 is 1.50 bits per heavy atom. The Morgan fingerprint density at radius 2 is 2.25 bits per heavy atom. The fourth-order valence-corrected chi connectivity index (χ4v) is 2.51. The Labute approximate surface area is 120 Å². The van der Waals surface area contributed by atoms with E-state index >= 15 is 0 Å². The number of hydrogen-bond acceptors (Lipinski definition) is 4. The Hall–Kier alpha value is -2.09. The van der Waals surface area contributed by atoms with Crippen LogP contribution in [-0.2, 0) is 7.05 Å². The molecule has 0 saturated carbocycles. The molecule has 1 N–H and O–H groups in total. The summed E-state index contributed by atoms with van der Waals surface area (Å²) in [5, 5.41) is 12.7. The molecule has 3 rings (SSSR count). The Balaban J connectivity index is 2.20. The van der Waals surface area contributed by atoms with Gasteiger partial charge in [-0.2, -0.15) is 5.10 Å². The van der Waals surface area contributed by atoms with E-state index in [1.165, 1.54) is 16.8 Å². The molecule has 2 aromatic rings. The molecule has 6 nitrogen and oxygen atoms in total. The van der Waals surface area contributed by atoms with Crippen molar-refractivity contribution in [2.75, 3.05) is 6.79 Å². The number of hydrogen-bond donors (Lipinski definition) is 1. The highest BCUT2D eigenvalue weighted by Gasteiger charge is 2.25. The predicted molar refractivity (Wildman–Crippen MR) is 69.4 cm³/mol. The fourth-order valence-electron chi connectivity index (χ4n) is 1.99. The highest BCUT2D eigenvalue weighted by atomic mass is 79.9. The fraction of sp³-hybridized carbons (Fsp3) is 0.167. The quantitative estimate of drug-likeness (QED) is 0.907. The van der Waals surface area contributed by atoms with Gasteiger partial charge in [-0.25, -0.2) is 9.18 Å². The van der Waals surface area contributed by atoms with E-state index in [9.17, 15) is 9.18 Å². The van der Waals surface area contributed by atoms with Gasteiger partial charge in [0.1, 0.15) is 0 Å². The SMILES string of the molecule is Cn1nc(C(=O)O)cc1-c1cc2c(c(Br)c1F)OCO2. The molecule has 20 heavy (non-hydrogen) atoms. The lowest BCUT2D eigenvalue weighted by molar-refractivity contribution is 0.0689. The van der Waals surface area contributed by atoms with Crippen molar-refractivity contribution >= 4 is 21.9 Å². The molecule has 0 spiro atoms. The van der Waals surface area contributed by atoms with E-state index in [1.807, 2.05) is 0 Å². The number of carboxylic acids is 1. The van der Waals surface area contributed by atoms with Crippen LogP contribution in [0.5, 0.6) is 11.5 Å². The van der Waals surface area contributed by atoms with Crippen LogP contribution in [0.1, 0.15) is 10.5 Å². The van der Waals surface area contributed by atoms with Gasteiger partial charge in [0.15, 0.2) is 23.0 Å². The van der Waals surface area contributed by atoms with Crippen molar-refractivity contribution in [1.82, 2.24) is 9.78 Å². The van der Waals surface area contributed by atoms with Gasteiger partial charge in [-0.1, -0.05) is 0 Å². The van der Waals surface area contributed by atoms with E-state index in [1.54, 1.807) is 7.05 Å². The summed E-state index contributed by atoms with van der Waals surface area (Å²) >= 11 is 3.11. The van der Waals surface area contributed by atoms with Gasteiger partial charge in [0.05, 0.1) is 10.2 Å². The molecule has 0 amide bonds. The normalized spacial score (nSPS) is 12.8. The van der Waals surface area contributed by atoms with Crippen LogP contribution < -0.4 is 9.47 Å². The summed E-state index contributed by atoms with van der Waals surface area (Å²) in [5.41, 5.74) is 0.359. The zero-order valence-corrected chi connectivity index (χ0v) is 11.8. The Kier molecular flexibility index (Phi) is 2.89. The summed E-state index contributed by atoms with van der Waals surface area (Å²) in [6, 6.07) is 2.76. The number of benzene rings is 1. The standard InChI is InChI=1S/C12H8BrFN2O4/c1-16-7(3-6(15-16)12(17)18)5-2-8-11(20-4-19-8)9(13)10(5)14/h2-3H,4H2,1H3,(H,17,18). The van der Waals surface area contributed by atoms with Gasteiger partial charge in [0.25, 0.3) is 0 Å². The lowest BCUT2D eigenvalue weighted by Crippen LogP contribution is -1.99. The number of ether oxygens (including phenoxy) is 2. The molecular weight excluding hydrogens is 335 g/mol. The number of fused-ring (bicyclic) bond motifs is 1. The summed E-state index contributed by atoms with van der Waals surface area (Å²) in [6.07, 6.45) is 0. The maximum absolute atomic E-state index is 14.4. The van der Waals surface area contributed by atoms with Gasteiger partial charge in [0, 0.05) is 12.6 Å². The van der Waals surface area contributed by atoms with Crippen LogP contribution in [0.25, 0.3) is 11.3 Å². The third-order valence-corrected chi connectivity index (χ3v) is 3.63. The number of carboxylic acid groups (broad SMARTS) is 1. The molecule has 0 radical (unpaired) electrons. The second-order valence-electron chi connectivity index (χ2n) is 4.13. The number of carbonyl (C=O) groups is 1. The van der Waals surface area contributed by atoms with E-state index in [-0.39, 0.29) is 22.5 Å². The van der Waals surface area contributed by atoms with Crippen LogP contribution >= 0.6 is 15.9 Å². The first-order chi connectivity index (χ1) is 9.49. The van der Waals surface area contributed by atoms with Crippen molar-refractivity contribution in [2.45, 2.75) is 0 Å². The molecule has 1 aromatic heterocycles. The molecule has 0 unspecified atom stereocenters. The van der Waals surface area contributed by atoms with Crippen LogP contribution in [-0.4, -0.2) is 27.6 Å². The average Bonchev–Trinajstić information content (AvgIpc) is 3.00. The van der Waals surface area contributed by atoms with Gasteiger partial charge < -0.3 is 14.6 Å². The van der Waals surface area contributed by atoms with Crippen LogP contribution in [0.4, 0.5) is 4.39 Å². The van der Waals surface area contributed by atoms with Gasteiger partial charge >= 0.3 is 5.97 Å². The predicted octanol–water partition coefficient (Wildman–Crippen LogP) is 2.42. The molecular formula is C12H8BrFN2O4. The molecule has 2 heterocycles. The zero-order chi connectivity index (χ0) is 14.4. The van der Waals surface area contributed by atoms with Crippen molar-refractivity contribution in [3.05, 3.63) is 28.1 Å². The summed E-state index contributed by atoms with van der Waals surface area (Å²) in [5.74, 6) is -1.04. The number of rotatable bonds is 2. The van der Waals surface area contributed by atoms with Gasteiger partial charge in [-0.3, -0.25) is 4.68 Å². The number of halogens is 2. The molecule has 1 aromatic carbocycles.